The Labute approximate surface area is 155 Å². The van der Waals surface area contributed by atoms with Gasteiger partial charge >= 0.3 is 0 Å². The summed E-state index contributed by atoms with van der Waals surface area (Å²) in [6.45, 7) is 1.79. The molecule has 1 amide bonds. The number of nitrogens with zero attached hydrogens (tertiary/aromatic N) is 2. The average molecular weight is 370 g/mol. The number of halogens is 1. The molecule has 6 heteroatoms. The van der Waals surface area contributed by atoms with Crippen LogP contribution in [0.2, 0.25) is 5.02 Å². The fourth-order valence-electron chi connectivity index (χ4n) is 2.89. The van der Waals surface area contributed by atoms with Crippen molar-refractivity contribution in [3.63, 3.8) is 0 Å². The molecule has 0 aromatic heterocycles. The van der Waals surface area contributed by atoms with Gasteiger partial charge in [-0.15, -0.1) is 0 Å². The second kappa shape index (κ2) is 6.94. The van der Waals surface area contributed by atoms with Crippen LogP contribution in [0.3, 0.4) is 0 Å². The molecule has 0 saturated heterocycles. The summed E-state index contributed by atoms with van der Waals surface area (Å²) in [5.41, 5.74) is 3.91. The maximum Gasteiger partial charge on any atom is 0.228 e. The smallest absolute Gasteiger partial charge is 0.228 e. The van der Waals surface area contributed by atoms with Crippen LogP contribution in [0.25, 0.3) is 5.70 Å². The Kier molecular flexibility index (Phi) is 4.51. The first kappa shape index (κ1) is 16.2. The maximum absolute atomic E-state index is 12.2. The number of aliphatic imine (C=N–C) groups is 1. The molecule has 0 spiro atoms. The predicted molar refractivity (Wildman–Crippen MR) is 105 cm³/mol. The highest BCUT2D eigenvalue weighted by Crippen LogP contribution is 2.35. The van der Waals surface area contributed by atoms with Gasteiger partial charge in [0.15, 0.2) is 5.17 Å². The van der Waals surface area contributed by atoms with Crippen molar-refractivity contribution in [1.29, 1.82) is 0 Å². The number of amidine groups is 1. The summed E-state index contributed by atoms with van der Waals surface area (Å²) < 4.78 is 0. The van der Waals surface area contributed by atoms with E-state index < -0.39 is 0 Å². The van der Waals surface area contributed by atoms with Crippen molar-refractivity contribution >= 4 is 45.8 Å². The van der Waals surface area contributed by atoms with Gasteiger partial charge in [0.05, 0.1) is 18.7 Å². The summed E-state index contributed by atoms with van der Waals surface area (Å²) in [5, 5.41) is 6.74. The second-order valence-electron chi connectivity index (χ2n) is 5.83. The number of carbonyl (C=O) groups excluding carboxylic acids is 1. The lowest BCUT2D eigenvalue weighted by Crippen LogP contribution is -2.19. The lowest BCUT2D eigenvalue weighted by molar-refractivity contribution is -0.115. The highest BCUT2D eigenvalue weighted by molar-refractivity contribution is 8.16. The van der Waals surface area contributed by atoms with Gasteiger partial charge in [0, 0.05) is 22.7 Å². The van der Waals surface area contributed by atoms with Crippen LogP contribution in [0.4, 0.5) is 5.69 Å². The Morgan fingerprint density at radius 2 is 2.00 bits per heavy atom. The topological polar surface area (TPSA) is 44.7 Å². The lowest BCUT2D eigenvalue weighted by atomic mass is 10.1. The van der Waals surface area contributed by atoms with Crippen molar-refractivity contribution in [2.24, 2.45) is 4.99 Å². The summed E-state index contributed by atoms with van der Waals surface area (Å²) in [6.07, 6.45) is 0.261. The minimum absolute atomic E-state index is 0.0783. The van der Waals surface area contributed by atoms with E-state index >= 15 is 0 Å². The van der Waals surface area contributed by atoms with Crippen molar-refractivity contribution < 1.29 is 4.79 Å². The monoisotopic (exact) mass is 369 g/mol. The fourth-order valence-corrected chi connectivity index (χ4v) is 4.06. The number of hydrogen-bond donors (Lipinski definition) is 1. The zero-order valence-electron chi connectivity index (χ0n) is 13.4. The van der Waals surface area contributed by atoms with Crippen LogP contribution >= 0.6 is 23.4 Å². The molecule has 0 radical (unpaired) electrons. The largest absolute Gasteiger partial charge is 0.326 e. The van der Waals surface area contributed by atoms with Crippen molar-refractivity contribution in [2.45, 2.75) is 6.42 Å². The van der Waals surface area contributed by atoms with E-state index in [2.05, 4.69) is 20.6 Å². The molecule has 0 unspecified atom stereocenters. The zero-order valence-corrected chi connectivity index (χ0v) is 15.0. The normalized spacial score (nSPS) is 15.6. The van der Waals surface area contributed by atoms with Crippen LogP contribution in [0.15, 0.2) is 58.9 Å². The molecule has 1 N–H and O–H groups in total. The molecular weight excluding hydrogens is 354 g/mol. The van der Waals surface area contributed by atoms with Gasteiger partial charge in [-0.2, -0.15) is 0 Å². The van der Waals surface area contributed by atoms with Gasteiger partial charge in [-0.3, -0.25) is 9.79 Å². The Bertz CT molecular complexity index is 876. The van der Waals surface area contributed by atoms with Crippen LogP contribution in [0, 0.1) is 0 Å². The molecule has 0 aliphatic carbocycles. The second-order valence-corrected chi connectivity index (χ2v) is 7.07. The minimum atomic E-state index is -0.0783. The van der Waals surface area contributed by atoms with E-state index in [1.54, 1.807) is 17.8 Å². The molecule has 0 atom stereocenters. The predicted octanol–water partition coefficient (Wildman–Crippen LogP) is 4.24. The summed E-state index contributed by atoms with van der Waals surface area (Å²) in [6, 6.07) is 15.3. The van der Waals surface area contributed by atoms with E-state index in [4.69, 9.17) is 11.6 Å². The van der Waals surface area contributed by atoms with Crippen molar-refractivity contribution in [3.05, 3.63) is 70.1 Å². The summed E-state index contributed by atoms with van der Waals surface area (Å²) in [4.78, 5) is 18.9. The third-order valence-electron chi connectivity index (χ3n) is 4.14. The highest BCUT2D eigenvalue weighted by Gasteiger charge is 2.26. The van der Waals surface area contributed by atoms with E-state index in [1.807, 2.05) is 42.5 Å². The molecule has 0 bridgehead atoms. The van der Waals surface area contributed by atoms with Crippen molar-refractivity contribution in [1.82, 2.24) is 4.90 Å². The number of hydrogen-bond acceptors (Lipinski definition) is 4. The SMILES string of the molecule is O=C(Cc1ccccc1Cl)Nc1ccc(C2=CSC3=NCCN23)cc1. The molecule has 2 aromatic rings. The van der Waals surface area contributed by atoms with Gasteiger partial charge in [0.25, 0.3) is 0 Å². The summed E-state index contributed by atoms with van der Waals surface area (Å²) in [5.74, 6) is -0.0783. The Hall–Kier alpha value is -2.24. The Balaban J connectivity index is 1.42. The number of rotatable bonds is 4. The van der Waals surface area contributed by atoms with Gasteiger partial charge in [0.2, 0.25) is 5.91 Å². The van der Waals surface area contributed by atoms with Gasteiger partial charge in [-0.05, 0) is 29.3 Å². The lowest BCUT2D eigenvalue weighted by Gasteiger charge is -2.17. The number of benzene rings is 2. The quantitative estimate of drug-likeness (QED) is 0.876. The van der Waals surface area contributed by atoms with E-state index in [-0.39, 0.29) is 12.3 Å². The first-order chi connectivity index (χ1) is 12.2. The molecule has 25 heavy (non-hydrogen) atoms. The molecular formula is C19H16ClN3OS. The average Bonchev–Trinajstić information content (AvgIpc) is 3.21. The van der Waals surface area contributed by atoms with Crippen LogP contribution in [-0.4, -0.2) is 29.1 Å². The molecule has 0 fully saturated rings. The first-order valence-electron chi connectivity index (χ1n) is 8.03. The number of carbonyl (C=O) groups is 1. The van der Waals surface area contributed by atoms with Crippen LogP contribution in [-0.2, 0) is 11.2 Å². The summed E-state index contributed by atoms with van der Waals surface area (Å²) in [7, 11) is 0. The summed E-state index contributed by atoms with van der Waals surface area (Å²) >= 11 is 7.77. The number of nitrogens with one attached hydrogen (secondary N) is 1. The maximum atomic E-state index is 12.2. The van der Waals surface area contributed by atoms with E-state index in [0.717, 1.165) is 35.1 Å². The minimum Gasteiger partial charge on any atom is -0.326 e. The number of thioether (sulfide) groups is 1. The molecule has 2 aliphatic rings. The highest BCUT2D eigenvalue weighted by atomic mass is 35.5. The molecule has 2 aromatic carbocycles. The van der Waals surface area contributed by atoms with Crippen LogP contribution in [0.5, 0.6) is 0 Å². The molecule has 126 valence electrons. The number of anilines is 1. The number of amides is 1. The van der Waals surface area contributed by atoms with Crippen molar-refractivity contribution in [2.75, 3.05) is 18.4 Å². The van der Waals surface area contributed by atoms with Crippen LogP contribution < -0.4 is 5.32 Å². The van der Waals surface area contributed by atoms with Crippen LogP contribution in [0.1, 0.15) is 11.1 Å². The van der Waals surface area contributed by atoms with Crippen molar-refractivity contribution in [3.8, 4) is 0 Å². The molecule has 2 heterocycles. The third kappa shape index (κ3) is 3.43. The van der Waals surface area contributed by atoms with E-state index in [9.17, 15) is 4.79 Å². The standard InChI is InChI=1S/C19H16ClN3OS/c20-16-4-2-1-3-14(16)11-18(24)22-15-7-5-13(6-8-15)17-12-25-19-21-9-10-23(17)19/h1-8,12H,9-11H2,(H,22,24). The van der Waals surface area contributed by atoms with Gasteiger partial charge in [-0.25, -0.2) is 0 Å². The van der Waals surface area contributed by atoms with E-state index in [1.165, 1.54) is 5.70 Å². The molecule has 4 nitrogen and oxygen atoms in total. The Morgan fingerprint density at radius 3 is 2.80 bits per heavy atom. The van der Waals surface area contributed by atoms with E-state index in [0.29, 0.717) is 5.02 Å². The Morgan fingerprint density at radius 1 is 1.20 bits per heavy atom. The first-order valence-corrected chi connectivity index (χ1v) is 9.29. The molecule has 4 rings (SSSR count). The molecule has 0 saturated carbocycles. The fraction of sp³-hybridized carbons (Fsp3) is 0.158. The third-order valence-corrected chi connectivity index (χ3v) is 5.41. The number of fused-ring (bicyclic) bond motifs is 1. The van der Waals surface area contributed by atoms with Gasteiger partial charge in [-0.1, -0.05) is 53.7 Å². The zero-order chi connectivity index (χ0) is 17.2. The molecule has 2 aliphatic heterocycles. The van der Waals surface area contributed by atoms with Gasteiger partial charge in [0.1, 0.15) is 0 Å². The van der Waals surface area contributed by atoms with Gasteiger partial charge < -0.3 is 10.2 Å².